The second-order valence-corrected chi connectivity index (χ2v) is 10.9. The summed E-state index contributed by atoms with van der Waals surface area (Å²) in [5.74, 6) is -2.31. The molecular formula is C33H32F3NO4. The Kier molecular flexibility index (Phi) is 8.15. The van der Waals surface area contributed by atoms with Crippen LogP contribution >= 0.6 is 0 Å². The van der Waals surface area contributed by atoms with Crippen molar-refractivity contribution in [1.29, 1.82) is 0 Å². The first kappa shape index (κ1) is 29.6. The molecule has 3 aromatic carbocycles. The molecule has 0 spiro atoms. The molecular weight excluding hydrogens is 531 g/mol. The van der Waals surface area contributed by atoms with Gasteiger partial charge < -0.3 is 14.4 Å². The van der Waals surface area contributed by atoms with E-state index in [1.807, 2.05) is 75.4 Å². The number of nitrogens with zero attached hydrogens (tertiary/aromatic N) is 1. The topological polar surface area (TPSA) is 70.8 Å². The quantitative estimate of drug-likeness (QED) is 0.235. The third kappa shape index (κ3) is 6.53. The highest BCUT2D eigenvalue weighted by Gasteiger charge is 2.35. The smallest absolute Gasteiger partial charge is 0.449 e. The largest absolute Gasteiger partial charge is 0.481 e. The van der Waals surface area contributed by atoms with Crippen LogP contribution in [-0.2, 0) is 29.5 Å². The first-order valence-electron chi connectivity index (χ1n) is 13.1. The fourth-order valence-corrected chi connectivity index (χ4v) is 4.91. The Morgan fingerprint density at radius 1 is 0.829 bits per heavy atom. The van der Waals surface area contributed by atoms with Crippen molar-refractivity contribution < 1.29 is 32.3 Å². The maximum Gasteiger partial charge on any atom is 0.449 e. The van der Waals surface area contributed by atoms with E-state index < -0.39 is 23.3 Å². The maximum absolute atomic E-state index is 13.8. The molecule has 4 aromatic rings. The predicted octanol–water partition coefficient (Wildman–Crippen LogP) is 8.10. The van der Waals surface area contributed by atoms with Crippen molar-refractivity contribution in [2.24, 2.45) is 0 Å². The number of rotatable bonds is 8. The van der Waals surface area contributed by atoms with Gasteiger partial charge in [-0.05, 0) is 80.1 Å². The fraction of sp³-hybridized carbons (Fsp3) is 0.273. The summed E-state index contributed by atoms with van der Waals surface area (Å²) in [6, 6.07) is 20.7. The van der Waals surface area contributed by atoms with Crippen molar-refractivity contribution in [3.05, 3.63) is 118 Å². The molecule has 1 amide bonds. The van der Waals surface area contributed by atoms with Gasteiger partial charge in [-0.25, -0.2) is 0 Å². The first-order valence-corrected chi connectivity index (χ1v) is 13.1. The predicted molar refractivity (Wildman–Crippen MR) is 150 cm³/mol. The summed E-state index contributed by atoms with van der Waals surface area (Å²) in [6.45, 7) is 8.92. The molecule has 0 bridgehead atoms. The van der Waals surface area contributed by atoms with Crippen LogP contribution in [0.2, 0.25) is 0 Å². The number of amides is 1. The number of carbonyl (C=O) groups is 2. The van der Waals surface area contributed by atoms with Crippen LogP contribution in [0.15, 0.2) is 77.2 Å². The van der Waals surface area contributed by atoms with E-state index >= 15 is 0 Å². The van der Waals surface area contributed by atoms with Gasteiger partial charge in [0.05, 0.1) is 12.0 Å². The molecule has 8 heteroatoms. The molecule has 0 saturated carbocycles. The van der Waals surface area contributed by atoms with E-state index in [1.165, 1.54) is 11.0 Å². The molecule has 0 aliphatic heterocycles. The Balaban J connectivity index is 1.64. The van der Waals surface area contributed by atoms with Crippen molar-refractivity contribution in [2.45, 2.75) is 59.3 Å². The minimum atomic E-state index is -4.62. The Labute approximate surface area is 237 Å². The Morgan fingerprint density at radius 2 is 1.46 bits per heavy atom. The summed E-state index contributed by atoms with van der Waals surface area (Å²) in [5.41, 5.74) is 5.18. The fourth-order valence-electron chi connectivity index (χ4n) is 4.91. The molecule has 0 fully saturated rings. The highest BCUT2D eigenvalue weighted by molar-refractivity contribution is 5.97. The summed E-state index contributed by atoms with van der Waals surface area (Å²) in [6.07, 6.45) is -4.62. The number of carbonyl (C=O) groups excluding carboxylic acids is 1. The van der Waals surface area contributed by atoms with Gasteiger partial charge in [0.15, 0.2) is 0 Å². The van der Waals surface area contributed by atoms with E-state index in [2.05, 4.69) is 0 Å². The summed E-state index contributed by atoms with van der Waals surface area (Å²) >= 11 is 0. The molecule has 0 saturated heterocycles. The molecule has 0 radical (unpaired) electrons. The Morgan fingerprint density at radius 3 is 2.02 bits per heavy atom. The number of hydrogen-bond acceptors (Lipinski definition) is 3. The van der Waals surface area contributed by atoms with Crippen LogP contribution in [0.3, 0.4) is 0 Å². The molecule has 0 atom stereocenters. The number of halogens is 3. The lowest BCUT2D eigenvalue weighted by molar-refractivity contribution is -0.153. The van der Waals surface area contributed by atoms with Gasteiger partial charge in [-0.1, -0.05) is 66.2 Å². The molecule has 1 aromatic heterocycles. The third-order valence-corrected chi connectivity index (χ3v) is 7.25. The lowest BCUT2D eigenvalue weighted by Crippen LogP contribution is -2.31. The summed E-state index contributed by atoms with van der Waals surface area (Å²) in [5, 5.41) is 9.60. The molecule has 41 heavy (non-hydrogen) atoms. The third-order valence-electron chi connectivity index (χ3n) is 7.25. The Bertz CT molecular complexity index is 1560. The molecule has 1 N–H and O–H groups in total. The lowest BCUT2D eigenvalue weighted by atomic mass is 9.83. The lowest BCUT2D eigenvalue weighted by Gasteiger charge is -2.24. The van der Waals surface area contributed by atoms with Gasteiger partial charge in [-0.3, -0.25) is 9.59 Å². The zero-order valence-corrected chi connectivity index (χ0v) is 23.6. The number of aliphatic carboxylic acids is 1. The van der Waals surface area contributed by atoms with E-state index in [-0.39, 0.29) is 24.8 Å². The van der Waals surface area contributed by atoms with Crippen molar-refractivity contribution >= 4 is 11.9 Å². The molecule has 4 rings (SSSR count). The monoisotopic (exact) mass is 563 g/mol. The summed E-state index contributed by atoms with van der Waals surface area (Å²) in [7, 11) is 0. The normalized spacial score (nSPS) is 11.9. The molecule has 0 unspecified atom stereocenters. The van der Waals surface area contributed by atoms with Gasteiger partial charge >= 0.3 is 12.1 Å². The van der Waals surface area contributed by atoms with Gasteiger partial charge in [0, 0.05) is 12.1 Å². The second kappa shape index (κ2) is 11.3. The number of carboxylic acid groups (broad SMARTS) is 1. The van der Waals surface area contributed by atoms with E-state index in [0.717, 1.165) is 39.4 Å². The minimum absolute atomic E-state index is 0.0302. The minimum Gasteiger partial charge on any atom is -0.481 e. The standard InChI is InChI=1S/C33H32F3NO4/c1-20-15-21(2)29(22(3)16-20)30(38)37(19-27-13-14-28(41-27)33(34,35)36)18-23-9-11-24(12-10-23)25-7-6-8-26(17-25)32(4,5)31(39)40/h6-17H,18-19H2,1-5H3,(H,39,40). The molecule has 0 aliphatic rings. The molecule has 1 heterocycles. The average molecular weight is 564 g/mol. The van der Waals surface area contributed by atoms with E-state index in [4.69, 9.17) is 4.42 Å². The highest BCUT2D eigenvalue weighted by Crippen LogP contribution is 2.32. The summed E-state index contributed by atoms with van der Waals surface area (Å²) in [4.78, 5) is 27.0. The van der Waals surface area contributed by atoms with Crippen molar-refractivity contribution in [2.75, 3.05) is 0 Å². The number of alkyl halides is 3. The number of furan rings is 1. The van der Waals surface area contributed by atoms with Crippen LogP contribution < -0.4 is 0 Å². The van der Waals surface area contributed by atoms with Crippen molar-refractivity contribution in [1.82, 2.24) is 4.90 Å². The number of hydrogen-bond donors (Lipinski definition) is 1. The van der Waals surface area contributed by atoms with Crippen LogP contribution in [0, 0.1) is 20.8 Å². The van der Waals surface area contributed by atoms with Gasteiger partial charge in [-0.2, -0.15) is 13.2 Å². The SMILES string of the molecule is Cc1cc(C)c(C(=O)N(Cc2ccc(-c3cccc(C(C)(C)C(=O)O)c3)cc2)Cc2ccc(C(F)(F)F)o2)c(C)c1. The van der Waals surface area contributed by atoms with Gasteiger partial charge in [0.25, 0.3) is 5.91 Å². The van der Waals surface area contributed by atoms with Crippen LogP contribution in [-0.4, -0.2) is 21.9 Å². The van der Waals surface area contributed by atoms with E-state index in [1.54, 1.807) is 19.9 Å². The molecule has 0 aliphatic carbocycles. The van der Waals surface area contributed by atoms with Crippen LogP contribution in [0.25, 0.3) is 11.1 Å². The van der Waals surface area contributed by atoms with Gasteiger partial charge in [-0.15, -0.1) is 0 Å². The van der Waals surface area contributed by atoms with Gasteiger partial charge in [0.1, 0.15) is 5.76 Å². The highest BCUT2D eigenvalue weighted by atomic mass is 19.4. The van der Waals surface area contributed by atoms with Crippen molar-refractivity contribution in [3.63, 3.8) is 0 Å². The summed E-state index contributed by atoms with van der Waals surface area (Å²) < 4.78 is 44.5. The second-order valence-electron chi connectivity index (χ2n) is 10.9. The zero-order valence-electron chi connectivity index (χ0n) is 23.6. The van der Waals surface area contributed by atoms with Crippen LogP contribution in [0.4, 0.5) is 13.2 Å². The maximum atomic E-state index is 13.8. The molecule has 214 valence electrons. The van der Waals surface area contributed by atoms with Crippen molar-refractivity contribution in [3.8, 4) is 11.1 Å². The molecule has 5 nitrogen and oxygen atoms in total. The van der Waals surface area contributed by atoms with E-state index in [0.29, 0.717) is 11.1 Å². The number of benzene rings is 3. The Hall–Kier alpha value is -4.33. The van der Waals surface area contributed by atoms with E-state index in [9.17, 15) is 27.9 Å². The van der Waals surface area contributed by atoms with Crippen LogP contribution in [0.5, 0.6) is 0 Å². The average Bonchev–Trinajstić information content (AvgIpc) is 3.37. The first-order chi connectivity index (χ1) is 19.2. The zero-order chi connectivity index (χ0) is 30.1. The van der Waals surface area contributed by atoms with Crippen LogP contribution in [0.1, 0.15) is 63.5 Å². The number of aryl methyl sites for hydroxylation is 3. The number of carboxylic acids is 1. The van der Waals surface area contributed by atoms with Gasteiger partial charge in [0.2, 0.25) is 5.76 Å².